The predicted molar refractivity (Wildman–Crippen MR) is 114 cm³/mol. The third kappa shape index (κ3) is 5.73. The van der Waals surface area contributed by atoms with Crippen molar-refractivity contribution in [3.63, 3.8) is 0 Å². The van der Waals surface area contributed by atoms with Gasteiger partial charge in [0.2, 0.25) is 0 Å². The molecule has 3 rings (SSSR count). The van der Waals surface area contributed by atoms with Crippen molar-refractivity contribution in [1.82, 2.24) is 5.43 Å². The van der Waals surface area contributed by atoms with Gasteiger partial charge in [0.05, 0.1) is 16.8 Å². The Bertz CT molecular complexity index is 1000. The second-order valence-corrected chi connectivity index (χ2v) is 7.09. The number of rotatable bonds is 6. The normalized spacial score (nSPS) is 10.8. The van der Waals surface area contributed by atoms with Crippen LogP contribution in [0.4, 0.5) is 0 Å². The number of carbonyl (C=O) groups is 1. The molecule has 0 heterocycles. The second kappa shape index (κ2) is 9.60. The fourth-order valence-corrected chi connectivity index (χ4v) is 3.05. The number of hydrazone groups is 1. The third-order valence-electron chi connectivity index (χ3n) is 3.73. The quantitative estimate of drug-likeness (QED) is 0.383. The van der Waals surface area contributed by atoms with Gasteiger partial charge in [-0.3, -0.25) is 4.79 Å². The molecule has 0 unspecified atom stereocenters. The van der Waals surface area contributed by atoms with Crippen molar-refractivity contribution >= 4 is 46.9 Å². The number of amides is 1. The van der Waals surface area contributed by atoms with Crippen LogP contribution in [0, 0.1) is 0 Å². The molecule has 0 saturated heterocycles. The maximum absolute atomic E-state index is 12.1. The van der Waals surface area contributed by atoms with Gasteiger partial charge in [-0.05, 0) is 65.7 Å². The molecule has 0 atom stereocenters. The van der Waals surface area contributed by atoms with E-state index in [0.29, 0.717) is 28.0 Å². The zero-order chi connectivity index (χ0) is 19.9. The lowest BCUT2D eigenvalue weighted by Crippen LogP contribution is -2.18. The zero-order valence-electron chi connectivity index (χ0n) is 14.5. The van der Waals surface area contributed by atoms with Gasteiger partial charge < -0.3 is 4.74 Å². The molecule has 3 aromatic rings. The standard InChI is InChI=1S/C21H15Cl3N2O2/c22-16-3-1-2-15(10-16)13-28-18-7-4-14(5-8-18)12-25-26-21(27)19-9-6-17(23)11-20(19)24/h1-12H,13H2,(H,26,27)/b25-12-. The number of carbonyl (C=O) groups excluding carboxylic acids is 1. The summed E-state index contributed by atoms with van der Waals surface area (Å²) in [7, 11) is 0. The van der Waals surface area contributed by atoms with E-state index in [0.717, 1.165) is 11.1 Å². The second-order valence-electron chi connectivity index (χ2n) is 5.81. The number of halogens is 3. The minimum Gasteiger partial charge on any atom is -0.489 e. The van der Waals surface area contributed by atoms with E-state index in [1.54, 1.807) is 12.1 Å². The highest BCUT2D eigenvalue weighted by molar-refractivity contribution is 6.36. The van der Waals surface area contributed by atoms with Crippen molar-refractivity contribution in [3.05, 3.63) is 98.5 Å². The van der Waals surface area contributed by atoms with Crippen LogP contribution in [0.25, 0.3) is 0 Å². The molecule has 7 heteroatoms. The Hall–Kier alpha value is -2.53. The Kier molecular flexibility index (Phi) is 6.93. The Morgan fingerprint density at radius 2 is 1.71 bits per heavy atom. The van der Waals surface area contributed by atoms with Crippen molar-refractivity contribution in [2.45, 2.75) is 6.61 Å². The van der Waals surface area contributed by atoms with Crippen molar-refractivity contribution in [1.29, 1.82) is 0 Å². The van der Waals surface area contributed by atoms with E-state index in [9.17, 15) is 4.79 Å². The molecule has 0 bridgehead atoms. The van der Waals surface area contributed by atoms with Gasteiger partial charge >= 0.3 is 0 Å². The van der Waals surface area contributed by atoms with Crippen LogP contribution in [-0.4, -0.2) is 12.1 Å². The van der Waals surface area contributed by atoms with Crippen LogP contribution in [0.5, 0.6) is 5.75 Å². The van der Waals surface area contributed by atoms with Crippen molar-refractivity contribution in [2.75, 3.05) is 0 Å². The van der Waals surface area contributed by atoms with Gasteiger partial charge in [-0.1, -0.05) is 46.9 Å². The molecule has 1 N–H and O–H groups in total. The van der Waals surface area contributed by atoms with Gasteiger partial charge in [-0.15, -0.1) is 0 Å². The minimum atomic E-state index is -0.417. The van der Waals surface area contributed by atoms with Gasteiger partial charge in [-0.2, -0.15) is 5.10 Å². The van der Waals surface area contributed by atoms with Gasteiger partial charge in [-0.25, -0.2) is 5.43 Å². The lowest BCUT2D eigenvalue weighted by atomic mass is 10.2. The maximum atomic E-state index is 12.1. The summed E-state index contributed by atoms with van der Waals surface area (Å²) in [4.78, 5) is 12.1. The molecule has 0 aliphatic rings. The molecule has 0 saturated carbocycles. The summed E-state index contributed by atoms with van der Waals surface area (Å²) < 4.78 is 5.73. The molecule has 142 valence electrons. The molecule has 0 aliphatic carbocycles. The number of hydrogen-bond acceptors (Lipinski definition) is 3. The molecular weight excluding hydrogens is 419 g/mol. The Morgan fingerprint density at radius 3 is 2.43 bits per heavy atom. The number of ether oxygens (including phenoxy) is 1. The average Bonchev–Trinajstić information content (AvgIpc) is 2.67. The zero-order valence-corrected chi connectivity index (χ0v) is 16.8. The van der Waals surface area contributed by atoms with Crippen LogP contribution in [0.2, 0.25) is 15.1 Å². The molecule has 0 aliphatic heterocycles. The molecule has 0 radical (unpaired) electrons. The minimum absolute atomic E-state index is 0.265. The van der Waals surface area contributed by atoms with Gasteiger partial charge in [0.15, 0.2) is 0 Å². The molecule has 0 aromatic heterocycles. The Labute approximate surface area is 177 Å². The number of nitrogens with zero attached hydrogens (tertiary/aromatic N) is 1. The van der Waals surface area contributed by atoms with Crippen LogP contribution in [0.1, 0.15) is 21.5 Å². The molecule has 3 aromatic carbocycles. The first kappa shape index (κ1) is 20.2. The third-order valence-corrected chi connectivity index (χ3v) is 4.51. The van der Waals surface area contributed by atoms with Gasteiger partial charge in [0.25, 0.3) is 5.91 Å². The first-order valence-electron chi connectivity index (χ1n) is 8.27. The van der Waals surface area contributed by atoms with Gasteiger partial charge in [0.1, 0.15) is 12.4 Å². The summed E-state index contributed by atoms with van der Waals surface area (Å²) in [5.74, 6) is 0.300. The largest absolute Gasteiger partial charge is 0.489 e. The molecular formula is C21H15Cl3N2O2. The van der Waals surface area contributed by atoms with E-state index in [1.165, 1.54) is 12.3 Å². The summed E-state index contributed by atoms with van der Waals surface area (Å²) in [5.41, 5.74) is 4.52. The molecule has 4 nitrogen and oxygen atoms in total. The van der Waals surface area contributed by atoms with E-state index in [1.807, 2.05) is 48.5 Å². The lowest BCUT2D eigenvalue weighted by molar-refractivity contribution is 0.0955. The van der Waals surface area contributed by atoms with E-state index < -0.39 is 5.91 Å². The van der Waals surface area contributed by atoms with Gasteiger partial charge in [0, 0.05) is 10.0 Å². The van der Waals surface area contributed by atoms with Crippen LogP contribution in [-0.2, 0) is 6.61 Å². The molecule has 28 heavy (non-hydrogen) atoms. The molecule has 0 spiro atoms. The number of nitrogens with one attached hydrogen (secondary N) is 1. The lowest BCUT2D eigenvalue weighted by Gasteiger charge is -2.07. The first-order chi connectivity index (χ1) is 13.5. The van der Waals surface area contributed by atoms with E-state index in [4.69, 9.17) is 39.5 Å². The summed E-state index contributed by atoms with van der Waals surface area (Å²) >= 11 is 17.8. The van der Waals surface area contributed by atoms with Crippen molar-refractivity contribution in [3.8, 4) is 5.75 Å². The summed E-state index contributed by atoms with van der Waals surface area (Å²) in [6.07, 6.45) is 1.53. The number of benzene rings is 3. The van der Waals surface area contributed by atoms with Crippen molar-refractivity contribution < 1.29 is 9.53 Å². The fourth-order valence-electron chi connectivity index (χ4n) is 2.34. The monoisotopic (exact) mass is 432 g/mol. The van der Waals surface area contributed by atoms with Crippen LogP contribution >= 0.6 is 34.8 Å². The van der Waals surface area contributed by atoms with E-state index in [-0.39, 0.29) is 5.02 Å². The average molecular weight is 434 g/mol. The Balaban J connectivity index is 1.54. The topological polar surface area (TPSA) is 50.7 Å². The summed E-state index contributed by atoms with van der Waals surface area (Å²) in [5, 5.41) is 5.34. The van der Waals surface area contributed by atoms with Crippen LogP contribution < -0.4 is 10.2 Å². The SMILES string of the molecule is O=C(N/N=C\c1ccc(OCc2cccc(Cl)c2)cc1)c1ccc(Cl)cc1Cl. The maximum Gasteiger partial charge on any atom is 0.272 e. The predicted octanol–water partition coefficient (Wildman–Crippen LogP) is 5.99. The highest BCUT2D eigenvalue weighted by atomic mass is 35.5. The summed E-state index contributed by atoms with van der Waals surface area (Å²) in [6.45, 7) is 0.423. The van der Waals surface area contributed by atoms with Crippen molar-refractivity contribution in [2.24, 2.45) is 5.10 Å². The molecule has 1 amide bonds. The smallest absolute Gasteiger partial charge is 0.272 e. The summed E-state index contributed by atoms with van der Waals surface area (Å²) in [6, 6.07) is 19.5. The van der Waals surface area contributed by atoms with Crippen LogP contribution in [0.3, 0.4) is 0 Å². The number of hydrogen-bond donors (Lipinski definition) is 1. The van der Waals surface area contributed by atoms with Crippen LogP contribution in [0.15, 0.2) is 71.8 Å². The fraction of sp³-hybridized carbons (Fsp3) is 0.0476. The van der Waals surface area contributed by atoms with E-state index >= 15 is 0 Å². The first-order valence-corrected chi connectivity index (χ1v) is 9.40. The highest BCUT2D eigenvalue weighted by Gasteiger charge is 2.09. The van der Waals surface area contributed by atoms with E-state index in [2.05, 4.69) is 10.5 Å². The Morgan fingerprint density at radius 1 is 0.964 bits per heavy atom. The molecule has 0 fully saturated rings. The highest BCUT2D eigenvalue weighted by Crippen LogP contribution is 2.21.